The molecule has 2 aromatic rings. The van der Waals surface area contributed by atoms with Crippen LogP contribution in [0.4, 0.5) is 0 Å². The molecular formula is C27H32N2O5. The van der Waals surface area contributed by atoms with E-state index in [1.54, 1.807) is 18.2 Å². The lowest BCUT2D eigenvalue weighted by Crippen LogP contribution is -2.69. The average molecular weight is 465 g/mol. The molecule has 0 aromatic heterocycles. The Balaban J connectivity index is 1.42. The molecular weight excluding hydrogens is 432 g/mol. The van der Waals surface area contributed by atoms with Crippen molar-refractivity contribution in [1.29, 1.82) is 0 Å². The molecule has 6 rings (SSSR count). The molecule has 2 heterocycles. The Kier molecular flexibility index (Phi) is 5.13. The molecule has 2 aromatic carbocycles. The van der Waals surface area contributed by atoms with Crippen molar-refractivity contribution < 1.29 is 24.6 Å². The van der Waals surface area contributed by atoms with E-state index in [1.165, 1.54) is 11.1 Å². The molecule has 2 aliphatic heterocycles. The number of carbonyl (C=O) groups is 1. The standard InChI is InChI=1S/C27H32N2O5/c1-28-13-12-27-18-9-10-19(29(33-2)21(26(31)32)14-16-6-4-3-5-7-16)25(27)34-24-22(30)11-8-17(23(24)27)15-20(18)28/h3-8,11,18-21,25,30H,9-10,12-15H2,1-2H3,(H,31,32)/t18-,19-,20+,21-,25-,27-/m0/s1. The van der Waals surface area contributed by atoms with Crippen molar-refractivity contribution in [1.82, 2.24) is 9.96 Å². The van der Waals surface area contributed by atoms with Gasteiger partial charge in [-0.2, -0.15) is 5.06 Å². The first kappa shape index (κ1) is 21.9. The van der Waals surface area contributed by atoms with Crippen LogP contribution < -0.4 is 4.74 Å². The van der Waals surface area contributed by atoms with E-state index in [2.05, 4.69) is 18.0 Å². The van der Waals surface area contributed by atoms with E-state index in [0.29, 0.717) is 24.1 Å². The van der Waals surface area contributed by atoms with Crippen LogP contribution in [0.3, 0.4) is 0 Å². The summed E-state index contributed by atoms with van der Waals surface area (Å²) >= 11 is 0. The van der Waals surface area contributed by atoms with E-state index in [-0.39, 0.29) is 23.3 Å². The van der Waals surface area contributed by atoms with Gasteiger partial charge < -0.3 is 24.7 Å². The largest absolute Gasteiger partial charge is 0.504 e. The van der Waals surface area contributed by atoms with Gasteiger partial charge in [0.05, 0.1) is 13.2 Å². The summed E-state index contributed by atoms with van der Waals surface area (Å²) in [6, 6.07) is 12.9. The van der Waals surface area contributed by atoms with Crippen molar-refractivity contribution in [3.05, 3.63) is 59.2 Å². The van der Waals surface area contributed by atoms with Crippen LogP contribution in [0, 0.1) is 5.92 Å². The number of aliphatic carboxylic acids is 1. The summed E-state index contributed by atoms with van der Waals surface area (Å²) in [6.07, 6.45) is 3.75. The Morgan fingerprint density at radius 2 is 2.06 bits per heavy atom. The number of phenolic OH excluding ortho intramolecular Hbond substituents is 1. The fraction of sp³-hybridized carbons (Fsp3) is 0.519. The first-order valence-electron chi connectivity index (χ1n) is 12.3. The van der Waals surface area contributed by atoms with Crippen LogP contribution >= 0.6 is 0 Å². The number of likely N-dealkylation sites (tertiary alicyclic amines) is 1. The predicted molar refractivity (Wildman–Crippen MR) is 126 cm³/mol. The molecule has 7 nitrogen and oxygen atoms in total. The number of hydrogen-bond donors (Lipinski definition) is 2. The molecule has 2 aliphatic carbocycles. The summed E-state index contributed by atoms with van der Waals surface area (Å²) in [4.78, 5) is 20.8. The minimum Gasteiger partial charge on any atom is -0.504 e. The van der Waals surface area contributed by atoms with Gasteiger partial charge in [-0.3, -0.25) is 4.79 Å². The molecule has 0 radical (unpaired) electrons. The van der Waals surface area contributed by atoms with Gasteiger partial charge in [-0.05, 0) is 62.4 Å². The second-order valence-corrected chi connectivity index (χ2v) is 10.4. The van der Waals surface area contributed by atoms with E-state index in [4.69, 9.17) is 9.57 Å². The van der Waals surface area contributed by atoms with E-state index in [0.717, 1.165) is 37.8 Å². The van der Waals surface area contributed by atoms with Crippen LogP contribution in [0.1, 0.15) is 36.0 Å². The van der Waals surface area contributed by atoms with Gasteiger partial charge in [0.1, 0.15) is 12.1 Å². The van der Waals surface area contributed by atoms with Crippen LogP contribution in [-0.4, -0.2) is 71.1 Å². The van der Waals surface area contributed by atoms with E-state index >= 15 is 0 Å². The lowest BCUT2D eigenvalue weighted by Gasteiger charge is -2.60. The monoisotopic (exact) mass is 464 g/mol. The summed E-state index contributed by atoms with van der Waals surface area (Å²) in [5, 5.41) is 22.7. The predicted octanol–water partition coefficient (Wildman–Crippen LogP) is 2.99. The first-order valence-corrected chi connectivity index (χ1v) is 12.3. The van der Waals surface area contributed by atoms with Crippen molar-refractivity contribution in [2.75, 3.05) is 20.7 Å². The Labute approximate surface area is 199 Å². The zero-order valence-electron chi connectivity index (χ0n) is 19.7. The topological polar surface area (TPSA) is 82.5 Å². The minimum absolute atomic E-state index is 0.181. The molecule has 4 aliphatic rings. The molecule has 6 atom stereocenters. The Bertz CT molecular complexity index is 1110. The molecule has 1 saturated carbocycles. The van der Waals surface area contributed by atoms with Gasteiger partial charge in [-0.1, -0.05) is 36.4 Å². The second kappa shape index (κ2) is 7.97. The summed E-state index contributed by atoms with van der Waals surface area (Å²) in [7, 11) is 3.77. The summed E-state index contributed by atoms with van der Waals surface area (Å²) < 4.78 is 6.64. The highest BCUT2D eigenvalue weighted by atomic mass is 16.7. The number of hydrogen-bond acceptors (Lipinski definition) is 6. The maximum Gasteiger partial charge on any atom is 0.323 e. The highest BCUT2D eigenvalue weighted by Crippen LogP contribution is 2.64. The maximum absolute atomic E-state index is 12.5. The molecule has 7 heteroatoms. The second-order valence-electron chi connectivity index (χ2n) is 10.4. The number of carboxylic acids is 1. The number of phenols is 1. The number of benzene rings is 2. The third-order valence-electron chi connectivity index (χ3n) is 8.97. The SMILES string of the molecule is CON([C@@H](Cc1ccccc1)C(=O)O)[C@H]1CC[C@H]2[C@H]3Cc4ccc(O)c5c4[C@@]2(CCN3C)[C@H]1O5. The van der Waals surface area contributed by atoms with Gasteiger partial charge in [-0.25, -0.2) is 0 Å². The zero-order chi connectivity index (χ0) is 23.6. The normalized spacial score (nSPS) is 32.2. The Morgan fingerprint density at radius 1 is 1.26 bits per heavy atom. The van der Waals surface area contributed by atoms with Gasteiger partial charge in [0, 0.05) is 23.4 Å². The number of nitrogens with zero attached hydrogens (tertiary/aromatic N) is 2. The summed E-state index contributed by atoms with van der Waals surface area (Å²) in [5.41, 5.74) is 3.15. The van der Waals surface area contributed by atoms with Gasteiger partial charge in [0.15, 0.2) is 11.5 Å². The molecule has 1 saturated heterocycles. The van der Waals surface area contributed by atoms with Crippen molar-refractivity contribution in [3.8, 4) is 11.5 Å². The van der Waals surface area contributed by atoms with Crippen LogP contribution in [0.15, 0.2) is 42.5 Å². The van der Waals surface area contributed by atoms with Gasteiger partial charge in [0.25, 0.3) is 0 Å². The molecule has 0 amide bonds. The molecule has 0 unspecified atom stereocenters. The lowest BCUT2D eigenvalue weighted by atomic mass is 9.51. The van der Waals surface area contributed by atoms with Crippen LogP contribution in [0.25, 0.3) is 0 Å². The highest BCUT2D eigenvalue weighted by molar-refractivity contribution is 5.74. The van der Waals surface area contributed by atoms with Crippen LogP contribution in [0.2, 0.25) is 0 Å². The van der Waals surface area contributed by atoms with Gasteiger partial charge in [-0.15, -0.1) is 0 Å². The molecule has 2 fully saturated rings. The summed E-state index contributed by atoms with van der Waals surface area (Å²) in [6.45, 7) is 0.960. The summed E-state index contributed by atoms with van der Waals surface area (Å²) in [5.74, 6) is 0.294. The Hall–Kier alpha value is -2.61. The maximum atomic E-state index is 12.5. The average Bonchev–Trinajstić information content (AvgIpc) is 3.19. The smallest absolute Gasteiger partial charge is 0.323 e. The molecule has 2 bridgehead atoms. The molecule has 180 valence electrons. The van der Waals surface area contributed by atoms with Gasteiger partial charge >= 0.3 is 5.97 Å². The number of rotatable bonds is 6. The molecule has 1 spiro atoms. The first-order chi connectivity index (χ1) is 16.5. The van der Waals surface area contributed by atoms with Crippen molar-refractivity contribution in [3.63, 3.8) is 0 Å². The number of aromatic hydroxyl groups is 1. The number of carboxylic acid groups (broad SMARTS) is 1. The van der Waals surface area contributed by atoms with E-state index in [1.807, 2.05) is 30.3 Å². The number of ether oxygens (including phenoxy) is 1. The van der Waals surface area contributed by atoms with E-state index < -0.39 is 12.0 Å². The zero-order valence-corrected chi connectivity index (χ0v) is 19.7. The third-order valence-corrected chi connectivity index (χ3v) is 8.97. The molecule has 2 N–H and O–H groups in total. The van der Waals surface area contributed by atoms with Crippen LogP contribution in [0.5, 0.6) is 11.5 Å². The fourth-order valence-corrected chi connectivity index (χ4v) is 7.59. The lowest BCUT2D eigenvalue weighted by molar-refractivity contribution is -0.232. The number of likely N-dealkylation sites (N-methyl/N-ethyl adjacent to an activating group) is 1. The minimum atomic E-state index is -0.908. The third kappa shape index (κ3) is 2.96. The Morgan fingerprint density at radius 3 is 2.79 bits per heavy atom. The van der Waals surface area contributed by atoms with Crippen LogP contribution in [-0.2, 0) is 27.9 Å². The van der Waals surface area contributed by atoms with E-state index in [9.17, 15) is 15.0 Å². The fourth-order valence-electron chi connectivity index (χ4n) is 7.59. The van der Waals surface area contributed by atoms with Crippen molar-refractivity contribution in [2.45, 2.75) is 61.7 Å². The number of piperidine rings is 1. The number of hydroxylamine groups is 2. The highest BCUT2D eigenvalue weighted by Gasteiger charge is 2.66. The molecule has 34 heavy (non-hydrogen) atoms. The van der Waals surface area contributed by atoms with Gasteiger partial charge in [0.2, 0.25) is 0 Å². The van der Waals surface area contributed by atoms with Crippen molar-refractivity contribution >= 4 is 5.97 Å². The van der Waals surface area contributed by atoms with Crippen molar-refractivity contribution in [2.24, 2.45) is 5.92 Å². The quantitative estimate of drug-likeness (QED) is 0.636.